The SMILES string of the molecule is O=C1[C@@H](Oc2ccccc2)[C@H]([C]2[CH][CH][CH][CH]2)N1c1ccc(Cl)cc1. The summed E-state index contributed by atoms with van der Waals surface area (Å²) in [6.07, 6.45) is 7.45. The van der Waals surface area contributed by atoms with Gasteiger partial charge >= 0.3 is 0 Å². The number of anilines is 1. The second-order valence-corrected chi connectivity index (χ2v) is 6.14. The van der Waals surface area contributed by atoms with Crippen molar-refractivity contribution in [3.63, 3.8) is 0 Å². The van der Waals surface area contributed by atoms with Crippen LogP contribution in [0.3, 0.4) is 0 Å². The summed E-state index contributed by atoms with van der Waals surface area (Å²) in [5.74, 6) is 1.71. The topological polar surface area (TPSA) is 29.5 Å². The summed E-state index contributed by atoms with van der Waals surface area (Å²) < 4.78 is 5.96. The summed E-state index contributed by atoms with van der Waals surface area (Å²) in [6.45, 7) is 0. The number of carbonyl (C=O) groups is 1. The van der Waals surface area contributed by atoms with Crippen molar-refractivity contribution >= 4 is 23.2 Å². The van der Waals surface area contributed by atoms with E-state index < -0.39 is 6.10 Å². The Kier molecular flexibility index (Phi) is 4.19. The molecule has 1 heterocycles. The highest BCUT2D eigenvalue weighted by Crippen LogP contribution is 2.41. The van der Waals surface area contributed by atoms with Gasteiger partial charge in [0.1, 0.15) is 5.75 Å². The first-order valence-electron chi connectivity index (χ1n) is 7.76. The second-order valence-electron chi connectivity index (χ2n) is 5.70. The largest absolute Gasteiger partial charge is 0.478 e. The number of halogens is 1. The van der Waals surface area contributed by atoms with Gasteiger partial charge in [-0.05, 0) is 62.1 Å². The molecule has 1 aliphatic heterocycles. The summed E-state index contributed by atoms with van der Waals surface area (Å²) in [6, 6.07) is 16.6. The van der Waals surface area contributed by atoms with Gasteiger partial charge in [-0.2, -0.15) is 0 Å². The predicted molar refractivity (Wildman–Crippen MR) is 94.0 cm³/mol. The number of carbonyl (C=O) groups excluding carboxylic acids is 1. The molecule has 5 radical (unpaired) electrons. The van der Waals surface area contributed by atoms with Crippen LogP contribution in [0.5, 0.6) is 5.75 Å². The lowest BCUT2D eigenvalue weighted by Gasteiger charge is -2.49. The highest BCUT2D eigenvalue weighted by Gasteiger charge is 2.54. The fraction of sp³-hybridized carbons (Fsp3) is 0.100. The molecular formula is C20H15ClNO2. The highest BCUT2D eigenvalue weighted by atomic mass is 35.5. The molecule has 4 rings (SSSR count). The van der Waals surface area contributed by atoms with Gasteiger partial charge in [0.25, 0.3) is 5.91 Å². The zero-order valence-electron chi connectivity index (χ0n) is 12.8. The number of hydrogen-bond donors (Lipinski definition) is 0. The van der Waals surface area contributed by atoms with Crippen molar-refractivity contribution in [3.05, 3.63) is 91.2 Å². The van der Waals surface area contributed by atoms with Gasteiger partial charge in [0.15, 0.2) is 6.10 Å². The van der Waals surface area contributed by atoms with Gasteiger partial charge in [0.05, 0.1) is 6.04 Å². The number of para-hydroxylation sites is 1. The van der Waals surface area contributed by atoms with Crippen molar-refractivity contribution < 1.29 is 9.53 Å². The van der Waals surface area contributed by atoms with Crippen LogP contribution in [0, 0.1) is 31.6 Å². The molecule has 24 heavy (non-hydrogen) atoms. The van der Waals surface area contributed by atoms with E-state index in [1.54, 1.807) is 17.0 Å². The van der Waals surface area contributed by atoms with Crippen molar-refractivity contribution in [1.82, 2.24) is 0 Å². The Balaban J connectivity index is 1.60. The molecule has 2 aromatic rings. The maximum atomic E-state index is 12.7. The van der Waals surface area contributed by atoms with E-state index in [2.05, 4.69) is 0 Å². The van der Waals surface area contributed by atoms with Crippen LogP contribution in [-0.4, -0.2) is 18.1 Å². The van der Waals surface area contributed by atoms with E-state index in [1.165, 1.54) is 0 Å². The Morgan fingerprint density at radius 3 is 2.25 bits per heavy atom. The number of nitrogens with zero attached hydrogens (tertiary/aromatic N) is 1. The number of hydrogen-bond acceptors (Lipinski definition) is 2. The minimum atomic E-state index is -0.523. The maximum absolute atomic E-state index is 12.7. The molecule has 119 valence electrons. The van der Waals surface area contributed by atoms with Crippen molar-refractivity contribution in [3.8, 4) is 5.75 Å². The smallest absolute Gasteiger partial charge is 0.270 e. The third-order valence-electron chi connectivity index (χ3n) is 4.19. The first-order chi connectivity index (χ1) is 11.7. The number of benzene rings is 2. The molecule has 1 saturated heterocycles. The van der Waals surface area contributed by atoms with E-state index in [9.17, 15) is 4.79 Å². The molecule has 1 aliphatic carbocycles. The molecular weight excluding hydrogens is 322 g/mol. The van der Waals surface area contributed by atoms with E-state index in [-0.39, 0.29) is 11.9 Å². The van der Waals surface area contributed by atoms with Gasteiger partial charge in [0, 0.05) is 16.6 Å². The fourth-order valence-electron chi connectivity index (χ4n) is 3.02. The van der Waals surface area contributed by atoms with Crippen molar-refractivity contribution in [2.45, 2.75) is 12.1 Å². The van der Waals surface area contributed by atoms with Gasteiger partial charge in [0.2, 0.25) is 0 Å². The summed E-state index contributed by atoms with van der Waals surface area (Å²) in [5.41, 5.74) is 0.823. The van der Waals surface area contributed by atoms with E-state index in [0.29, 0.717) is 10.8 Å². The molecule has 0 bridgehead atoms. The number of rotatable bonds is 4. The lowest BCUT2D eigenvalue weighted by molar-refractivity contribution is -0.134. The zero-order valence-corrected chi connectivity index (χ0v) is 13.6. The van der Waals surface area contributed by atoms with Gasteiger partial charge in [-0.15, -0.1) is 0 Å². The van der Waals surface area contributed by atoms with Crippen LogP contribution in [0.15, 0.2) is 54.6 Å². The van der Waals surface area contributed by atoms with E-state index in [0.717, 1.165) is 11.6 Å². The lowest BCUT2D eigenvalue weighted by Crippen LogP contribution is -2.69. The van der Waals surface area contributed by atoms with Gasteiger partial charge < -0.3 is 9.64 Å². The van der Waals surface area contributed by atoms with Crippen molar-refractivity contribution in [2.75, 3.05) is 4.90 Å². The van der Waals surface area contributed by atoms with Crippen LogP contribution in [0.2, 0.25) is 5.02 Å². The van der Waals surface area contributed by atoms with Crippen LogP contribution in [-0.2, 0) is 4.79 Å². The molecule has 2 aromatic carbocycles. The van der Waals surface area contributed by atoms with Gasteiger partial charge in [-0.1, -0.05) is 29.8 Å². The summed E-state index contributed by atoms with van der Waals surface area (Å²) in [4.78, 5) is 14.5. The van der Waals surface area contributed by atoms with Crippen LogP contribution in [0.1, 0.15) is 0 Å². The van der Waals surface area contributed by atoms with E-state index in [1.807, 2.05) is 68.1 Å². The Morgan fingerprint density at radius 1 is 0.917 bits per heavy atom. The molecule has 1 saturated carbocycles. The molecule has 2 fully saturated rings. The fourth-order valence-corrected chi connectivity index (χ4v) is 3.15. The number of β-lactam (4-membered cyclic amide) rings is 1. The summed E-state index contributed by atoms with van der Waals surface area (Å²) in [7, 11) is 0. The Labute approximate surface area is 147 Å². The van der Waals surface area contributed by atoms with E-state index in [4.69, 9.17) is 16.3 Å². The molecule has 2 atom stereocenters. The average molecular weight is 337 g/mol. The molecule has 0 spiro atoms. The molecule has 0 unspecified atom stereocenters. The number of ether oxygens (including phenoxy) is 1. The standard InChI is InChI=1S/C20H15ClNO2/c21-15-10-12-16(13-11-15)22-18(14-6-4-5-7-14)19(20(22)23)24-17-8-2-1-3-9-17/h1-13,18-19H/t18-,19-/m0/s1. The molecule has 3 nitrogen and oxygen atoms in total. The molecule has 0 N–H and O–H groups in total. The first kappa shape index (κ1) is 15.5. The predicted octanol–water partition coefficient (Wildman–Crippen LogP) is 3.91. The van der Waals surface area contributed by atoms with Gasteiger partial charge in [-0.25, -0.2) is 0 Å². The van der Waals surface area contributed by atoms with Crippen molar-refractivity contribution in [2.24, 2.45) is 0 Å². The Hall–Kier alpha value is -2.00. The molecule has 0 aromatic heterocycles. The van der Waals surface area contributed by atoms with Crippen LogP contribution in [0.4, 0.5) is 5.69 Å². The molecule has 2 aliphatic rings. The Morgan fingerprint density at radius 2 is 1.58 bits per heavy atom. The minimum absolute atomic E-state index is 0.0487. The van der Waals surface area contributed by atoms with Crippen LogP contribution in [0.25, 0.3) is 0 Å². The maximum Gasteiger partial charge on any atom is 0.270 e. The lowest BCUT2D eigenvalue weighted by atomic mass is 9.84. The quantitative estimate of drug-likeness (QED) is 0.792. The molecule has 1 amide bonds. The van der Waals surface area contributed by atoms with Crippen LogP contribution >= 0.6 is 11.6 Å². The first-order valence-corrected chi connectivity index (χ1v) is 8.14. The summed E-state index contributed by atoms with van der Waals surface area (Å²) >= 11 is 5.96. The van der Waals surface area contributed by atoms with Gasteiger partial charge in [-0.3, -0.25) is 4.79 Å². The second kappa shape index (κ2) is 6.48. The van der Waals surface area contributed by atoms with E-state index >= 15 is 0 Å². The highest BCUT2D eigenvalue weighted by molar-refractivity contribution is 6.30. The monoisotopic (exact) mass is 336 g/mol. The third kappa shape index (κ3) is 2.78. The zero-order chi connectivity index (χ0) is 16.5. The average Bonchev–Trinajstić information content (AvgIpc) is 3.13. The minimum Gasteiger partial charge on any atom is -0.478 e. The summed E-state index contributed by atoms with van der Waals surface area (Å²) in [5, 5.41) is 0.647. The molecule has 4 heteroatoms. The third-order valence-corrected chi connectivity index (χ3v) is 4.44. The van der Waals surface area contributed by atoms with Crippen LogP contribution < -0.4 is 9.64 Å². The van der Waals surface area contributed by atoms with Crippen molar-refractivity contribution in [1.29, 1.82) is 0 Å². The normalized spacial score (nSPS) is 24.0. The number of amides is 1. The Bertz CT molecular complexity index is 710.